The number of amides is 1. The van der Waals surface area contributed by atoms with E-state index in [1.54, 1.807) is 0 Å². The van der Waals surface area contributed by atoms with Gasteiger partial charge in [-0.15, -0.1) is 0 Å². The Labute approximate surface area is 220 Å². The Balaban J connectivity index is 1.09. The van der Waals surface area contributed by atoms with Crippen molar-refractivity contribution in [2.75, 3.05) is 72.6 Å². The molecule has 0 radical (unpaired) electrons. The maximum atomic E-state index is 13.6. The number of ether oxygens (including phenoxy) is 1. The lowest BCUT2D eigenvalue weighted by atomic mass is 10.0. The molecule has 2 saturated heterocycles. The van der Waals surface area contributed by atoms with Crippen molar-refractivity contribution in [2.45, 2.75) is 6.04 Å². The van der Waals surface area contributed by atoms with Crippen molar-refractivity contribution in [3.63, 3.8) is 0 Å². The second-order valence-corrected chi connectivity index (χ2v) is 10.4. The van der Waals surface area contributed by atoms with Gasteiger partial charge in [-0.1, -0.05) is 60.7 Å². The first-order valence-electron chi connectivity index (χ1n) is 13.5. The monoisotopic (exact) mass is 496 g/mol. The molecule has 0 saturated carbocycles. The number of nitrogens with zero attached hydrogens (tertiary/aromatic N) is 4. The molecule has 0 spiro atoms. The van der Waals surface area contributed by atoms with Crippen molar-refractivity contribution >= 4 is 5.91 Å². The van der Waals surface area contributed by atoms with E-state index in [4.69, 9.17) is 4.74 Å². The molecule has 6 nitrogen and oxygen atoms in total. The normalized spacial score (nSPS) is 19.0. The number of fused-ring (bicyclic) bond motifs is 3. The van der Waals surface area contributed by atoms with Gasteiger partial charge in [0.25, 0.3) is 5.91 Å². The minimum Gasteiger partial charge on any atom is -0.491 e. The van der Waals surface area contributed by atoms with E-state index in [2.05, 4.69) is 70.3 Å². The zero-order valence-electron chi connectivity index (χ0n) is 21.7. The molecule has 0 atom stereocenters. The van der Waals surface area contributed by atoms with Crippen molar-refractivity contribution in [1.82, 2.24) is 19.6 Å². The molecule has 3 aromatic carbocycles. The standard InChI is InChI=1S/C31H36N4O2/c1-32-14-16-33(17-15-32)22-23-37-29-13-7-6-12-28(29)31(36)35-20-18-34(19-21-35)30-26-10-4-2-8-24(26)25-9-3-5-11-27(25)30/h2-13,30H,14-23H2,1H3. The summed E-state index contributed by atoms with van der Waals surface area (Å²) in [5, 5.41) is 0. The number of likely N-dealkylation sites (N-methyl/N-ethyl adjacent to an activating group) is 1. The highest BCUT2D eigenvalue weighted by molar-refractivity contribution is 5.97. The van der Waals surface area contributed by atoms with Crippen molar-refractivity contribution in [1.29, 1.82) is 0 Å². The first kappa shape index (κ1) is 24.2. The quantitative estimate of drug-likeness (QED) is 0.519. The van der Waals surface area contributed by atoms with Crippen molar-refractivity contribution < 1.29 is 9.53 Å². The van der Waals surface area contributed by atoms with E-state index in [0.717, 1.165) is 58.9 Å². The Hall–Kier alpha value is -3.19. The number of carbonyl (C=O) groups excluding carboxylic acids is 1. The lowest BCUT2D eigenvalue weighted by Crippen LogP contribution is -2.49. The van der Waals surface area contributed by atoms with Crippen LogP contribution >= 0.6 is 0 Å². The summed E-state index contributed by atoms with van der Waals surface area (Å²) >= 11 is 0. The minimum absolute atomic E-state index is 0.0714. The van der Waals surface area contributed by atoms with Crippen LogP contribution in [0.25, 0.3) is 11.1 Å². The fourth-order valence-corrected chi connectivity index (χ4v) is 6.00. The summed E-state index contributed by atoms with van der Waals surface area (Å²) in [4.78, 5) is 22.9. The molecule has 6 heteroatoms. The number of carbonyl (C=O) groups is 1. The van der Waals surface area contributed by atoms with E-state index < -0.39 is 0 Å². The lowest BCUT2D eigenvalue weighted by Gasteiger charge is -2.39. The molecule has 0 bridgehead atoms. The first-order chi connectivity index (χ1) is 18.2. The van der Waals surface area contributed by atoms with Gasteiger partial charge in [-0.25, -0.2) is 0 Å². The van der Waals surface area contributed by atoms with Crippen molar-refractivity contribution in [3.05, 3.63) is 89.5 Å². The number of rotatable bonds is 6. The Morgan fingerprint density at radius 1 is 0.757 bits per heavy atom. The van der Waals surface area contributed by atoms with Gasteiger partial charge in [0.1, 0.15) is 12.4 Å². The van der Waals surface area contributed by atoms with E-state index in [-0.39, 0.29) is 11.9 Å². The lowest BCUT2D eigenvalue weighted by molar-refractivity contribution is 0.0595. The summed E-state index contributed by atoms with van der Waals surface area (Å²) in [6.45, 7) is 8.96. The van der Waals surface area contributed by atoms with Crippen LogP contribution in [0.3, 0.4) is 0 Å². The second-order valence-electron chi connectivity index (χ2n) is 10.4. The molecular weight excluding hydrogens is 460 g/mol. The largest absolute Gasteiger partial charge is 0.491 e. The number of hydrogen-bond donors (Lipinski definition) is 0. The Morgan fingerprint density at radius 2 is 1.35 bits per heavy atom. The van der Waals surface area contributed by atoms with E-state index in [1.165, 1.54) is 22.3 Å². The van der Waals surface area contributed by atoms with Crippen LogP contribution in [-0.4, -0.2) is 98.1 Å². The van der Waals surface area contributed by atoms with E-state index in [1.807, 2.05) is 29.2 Å². The van der Waals surface area contributed by atoms with E-state index in [9.17, 15) is 4.79 Å². The topological polar surface area (TPSA) is 39.3 Å². The summed E-state index contributed by atoms with van der Waals surface area (Å²) in [6, 6.07) is 25.5. The van der Waals surface area contributed by atoms with Crippen molar-refractivity contribution in [2.24, 2.45) is 0 Å². The maximum Gasteiger partial charge on any atom is 0.257 e. The molecule has 0 N–H and O–H groups in total. The van der Waals surface area contributed by atoms with Crippen LogP contribution in [0.15, 0.2) is 72.8 Å². The van der Waals surface area contributed by atoms with Gasteiger partial charge in [0.05, 0.1) is 11.6 Å². The van der Waals surface area contributed by atoms with Gasteiger partial charge in [0.2, 0.25) is 0 Å². The van der Waals surface area contributed by atoms with Crippen LogP contribution in [0.1, 0.15) is 27.5 Å². The predicted molar refractivity (Wildman–Crippen MR) is 147 cm³/mol. The smallest absolute Gasteiger partial charge is 0.257 e. The molecule has 192 valence electrons. The zero-order chi connectivity index (χ0) is 25.2. The van der Waals surface area contributed by atoms with Gasteiger partial charge < -0.3 is 14.5 Å². The van der Waals surface area contributed by atoms with Crippen molar-refractivity contribution in [3.8, 4) is 16.9 Å². The molecule has 2 aliphatic heterocycles. The first-order valence-corrected chi connectivity index (χ1v) is 13.5. The summed E-state index contributed by atoms with van der Waals surface area (Å²) in [5.74, 6) is 0.768. The number of para-hydroxylation sites is 1. The maximum absolute atomic E-state index is 13.6. The molecule has 2 fully saturated rings. The van der Waals surface area contributed by atoms with Gasteiger partial charge >= 0.3 is 0 Å². The average Bonchev–Trinajstić information content (AvgIpc) is 3.29. The van der Waals surface area contributed by atoms with Crippen LogP contribution < -0.4 is 4.74 Å². The molecule has 0 unspecified atom stereocenters. The van der Waals surface area contributed by atoms with Crippen LogP contribution in [0.2, 0.25) is 0 Å². The third-order valence-electron chi connectivity index (χ3n) is 8.15. The molecule has 1 aliphatic carbocycles. The predicted octanol–water partition coefficient (Wildman–Crippen LogP) is 3.84. The molecule has 0 aromatic heterocycles. The second kappa shape index (κ2) is 10.7. The minimum atomic E-state index is 0.0714. The third kappa shape index (κ3) is 4.89. The van der Waals surface area contributed by atoms with E-state index in [0.29, 0.717) is 17.9 Å². The van der Waals surface area contributed by atoms with Crippen LogP contribution in [-0.2, 0) is 0 Å². The molecule has 2 heterocycles. The number of piperazine rings is 2. The number of hydrogen-bond acceptors (Lipinski definition) is 5. The Morgan fingerprint density at radius 3 is 2.03 bits per heavy atom. The van der Waals surface area contributed by atoms with Gasteiger partial charge in [-0.05, 0) is 41.4 Å². The highest BCUT2D eigenvalue weighted by atomic mass is 16.5. The highest BCUT2D eigenvalue weighted by Crippen LogP contribution is 2.46. The zero-order valence-corrected chi connectivity index (χ0v) is 21.7. The molecular formula is C31H36N4O2. The SMILES string of the molecule is CN1CCN(CCOc2ccccc2C(=O)N2CCN(C3c4ccccc4-c4ccccc43)CC2)CC1. The summed E-state index contributed by atoms with van der Waals surface area (Å²) in [6.07, 6.45) is 0. The van der Waals surface area contributed by atoms with Crippen LogP contribution in [0.4, 0.5) is 0 Å². The van der Waals surface area contributed by atoms with Gasteiger partial charge in [0.15, 0.2) is 0 Å². The Kier molecular flexibility index (Phi) is 6.96. The molecule has 6 rings (SSSR count). The van der Waals surface area contributed by atoms with Crippen LogP contribution in [0, 0.1) is 0 Å². The third-order valence-corrected chi connectivity index (χ3v) is 8.15. The summed E-state index contributed by atoms with van der Waals surface area (Å²) < 4.78 is 6.15. The fraction of sp³-hybridized carbons (Fsp3) is 0.387. The Bertz CT molecular complexity index is 1200. The highest BCUT2D eigenvalue weighted by Gasteiger charge is 2.35. The number of benzene rings is 3. The molecule has 1 amide bonds. The molecule has 3 aliphatic rings. The van der Waals surface area contributed by atoms with Gasteiger partial charge in [0, 0.05) is 58.9 Å². The van der Waals surface area contributed by atoms with Crippen LogP contribution in [0.5, 0.6) is 5.75 Å². The molecule has 3 aromatic rings. The van der Waals surface area contributed by atoms with Gasteiger partial charge in [-0.2, -0.15) is 0 Å². The summed E-state index contributed by atoms with van der Waals surface area (Å²) in [7, 11) is 2.17. The fourth-order valence-electron chi connectivity index (χ4n) is 6.00. The molecule has 37 heavy (non-hydrogen) atoms. The van der Waals surface area contributed by atoms with Gasteiger partial charge in [-0.3, -0.25) is 14.6 Å². The van der Waals surface area contributed by atoms with E-state index >= 15 is 0 Å². The summed E-state index contributed by atoms with van der Waals surface area (Å²) in [5.41, 5.74) is 6.10. The average molecular weight is 497 g/mol.